The first-order chi connectivity index (χ1) is 9.15. The zero-order valence-electron chi connectivity index (χ0n) is 11.9. The second-order valence-electron chi connectivity index (χ2n) is 5.94. The van der Waals surface area contributed by atoms with Crippen LogP contribution < -0.4 is 0 Å². The Balaban J connectivity index is 2.29. The third-order valence-corrected chi connectivity index (χ3v) is 4.99. The molecule has 0 unspecified atom stereocenters. The summed E-state index contributed by atoms with van der Waals surface area (Å²) in [6.07, 6.45) is 8.07. The van der Waals surface area contributed by atoms with Crippen LogP contribution in [-0.2, 0) is 19.1 Å². The van der Waals surface area contributed by atoms with Crippen LogP contribution in [0.2, 0.25) is 0 Å². The van der Waals surface area contributed by atoms with E-state index < -0.39 is 17.4 Å². The van der Waals surface area contributed by atoms with Crippen molar-refractivity contribution < 1.29 is 19.1 Å². The quantitative estimate of drug-likeness (QED) is 0.568. The number of hydrogen-bond donors (Lipinski definition) is 0. The molecule has 0 heterocycles. The van der Waals surface area contributed by atoms with Crippen molar-refractivity contribution >= 4 is 11.9 Å². The Kier molecular flexibility index (Phi) is 4.48. The molecule has 2 aliphatic rings. The van der Waals surface area contributed by atoms with Gasteiger partial charge in [-0.25, -0.2) is 0 Å². The van der Waals surface area contributed by atoms with Crippen molar-refractivity contribution in [1.82, 2.24) is 0 Å². The van der Waals surface area contributed by atoms with E-state index in [1.807, 2.05) is 0 Å². The average molecular weight is 268 g/mol. The van der Waals surface area contributed by atoms with Crippen LogP contribution in [0.5, 0.6) is 0 Å². The summed E-state index contributed by atoms with van der Waals surface area (Å²) >= 11 is 0. The van der Waals surface area contributed by atoms with Crippen molar-refractivity contribution in [3.63, 3.8) is 0 Å². The highest BCUT2D eigenvalue weighted by Gasteiger charge is 2.56. The van der Waals surface area contributed by atoms with Gasteiger partial charge in [-0.2, -0.15) is 0 Å². The van der Waals surface area contributed by atoms with Crippen molar-refractivity contribution in [3.05, 3.63) is 0 Å². The summed E-state index contributed by atoms with van der Waals surface area (Å²) in [7, 11) is 2.74. The lowest BCUT2D eigenvalue weighted by Crippen LogP contribution is -2.48. The molecule has 2 saturated carbocycles. The van der Waals surface area contributed by atoms with Gasteiger partial charge in [-0.3, -0.25) is 9.59 Å². The van der Waals surface area contributed by atoms with Gasteiger partial charge in [0.05, 0.1) is 14.2 Å². The molecule has 19 heavy (non-hydrogen) atoms. The molecule has 4 heteroatoms. The number of rotatable bonds is 5. The minimum atomic E-state index is -1.05. The Labute approximate surface area is 114 Å². The molecule has 2 fully saturated rings. The van der Waals surface area contributed by atoms with Gasteiger partial charge >= 0.3 is 11.9 Å². The highest BCUT2D eigenvalue weighted by atomic mass is 16.5. The number of carbonyl (C=O) groups excluding carboxylic acids is 2. The molecule has 0 aliphatic heterocycles. The summed E-state index contributed by atoms with van der Waals surface area (Å²) in [5.41, 5.74) is -1.05. The molecule has 0 amide bonds. The second kappa shape index (κ2) is 5.93. The van der Waals surface area contributed by atoms with Gasteiger partial charge < -0.3 is 9.47 Å². The number of carbonyl (C=O) groups is 2. The molecule has 2 rings (SSSR count). The Hall–Kier alpha value is -1.06. The molecule has 0 N–H and O–H groups in total. The normalized spacial score (nSPS) is 20.9. The first-order valence-corrected chi connectivity index (χ1v) is 7.32. The molecule has 0 saturated heterocycles. The van der Waals surface area contributed by atoms with Crippen LogP contribution in [0.15, 0.2) is 0 Å². The lowest BCUT2D eigenvalue weighted by molar-refractivity contribution is -0.176. The van der Waals surface area contributed by atoms with Gasteiger partial charge in [0, 0.05) is 0 Å². The fraction of sp³-hybridized carbons (Fsp3) is 0.867. The topological polar surface area (TPSA) is 52.6 Å². The van der Waals surface area contributed by atoms with Crippen LogP contribution in [0.1, 0.15) is 51.4 Å². The first-order valence-electron chi connectivity index (χ1n) is 7.32. The number of hydrogen-bond acceptors (Lipinski definition) is 4. The van der Waals surface area contributed by atoms with Crippen LogP contribution in [-0.4, -0.2) is 26.2 Å². The van der Waals surface area contributed by atoms with Crippen LogP contribution >= 0.6 is 0 Å². The minimum Gasteiger partial charge on any atom is -0.468 e. The van der Waals surface area contributed by atoms with Crippen LogP contribution in [0.4, 0.5) is 0 Å². The van der Waals surface area contributed by atoms with Gasteiger partial charge in [-0.1, -0.05) is 32.1 Å². The zero-order valence-corrected chi connectivity index (χ0v) is 11.9. The van der Waals surface area contributed by atoms with Gasteiger partial charge in [-0.05, 0) is 31.1 Å². The SMILES string of the molecule is COC(=O)C(CC1CCC1)(C(=O)OC)C1CCCC1. The molecule has 0 atom stereocenters. The number of ether oxygens (including phenoxy) is 2. The molecule has 108 valence electrons. The molecule has 2 aliphatic carbocycles. The van der Waals surface area contributed by atoms with Crippen molar-refractivity contribution in [3.8, 4) is 0 Å². The smallest absolute Gasteiger partial charge is 0.323 e. The van der Waals surface area contributed by atoms with Crippen molar-refractivity contribution in [1.29, 1.82) is 0 Å². The molecule has 0 aromatic carbocycles. The van der Waals surface area contributed by atoms with Gasteiger partial charge in [0.2, 0.25) is 0 Å². The predicted octanol–water partition coefficient (Wildman–Crippen LogP) is 2.70. The maximum Gasteiger partial charge on any atom is 0.323 e. The molecule has 0 radical (unpaired) electrons. The van der Waals surface area contributed by atoms with Gasteiger partial charge in [0.15, 0.2) is 5.41 Å². The molecule has 0 bridgehead atoms. The van der Waals surface area contributed by atoms with Gasteiger partial charge in [0.25, 0.3) is 0 Å². The number of esters is 2. The standard InChI is InChI=1S/C15H24O4/c1-18-13(16)15(14(17)19-2,10-11-6-5-7-11)12-8-3-4-9-12/h11-12H,3-10H2,1-2H3. The summed E-state index contributed by atoms with van der Waals surface area (Å²) in [4.78, 5) is 24.7. The third kappa shape index (κ3) is 2.49. The van der Waals surface area contributed by atoms with E-state index in [1.165, 1.54) is 20.6 Å². The minimum absolute atomic E-state index is 0.0907. The average Bonchev–Trinajstić information content (AvgIpc) is 2.90. The first kappa shape index (κ1) is 14.4. The van der Waals surface area contributed by atoms with E-state index in [1.54, 1.807) is 0 Å². The summed E-state index contributed by atoms with van der Waals surface area (Å²) in [5.74, 6) is -0.219. The molecule has 0 aromatic heterocycles. The van der Waals surface area contributed by atoms with E-state index in [2.05, 4.69) is 0 Å². The van der Waals surface area contributed by atoms with E-state index in [-0.39, 0.29) is 5.92 Å². The molecule has 0 aromatic rings. The van der Waals surface area contributed by atoms with Crippen molar-refractivity contribution in [2.24, 2.45) is 17.3 Å². The third-order valence-electron chi connectivity index (χ3n) is 4.99. The fourth-order valence-corrected chi connectivity index (χ4v) is 3.69. The highest BCUT2D eigenvalue weighted by Crippen LogP contribution is 2.49. The van der Waals surface area contributed by atoms with Crippen LogP contribution in [0.25, 0.3) is 0 Å². The molecule has 0 spiro atoms. The van der Waals surface area contributed by atoms with Crippen molar-refractivity contribution in [2.45, 2.75) is 51.4 Å². The van der Waals surface area contributed by atoms with E-state index in [0.29, 0.717) is 12.3 Å². The van der Waals surface area contributed by atoms with Gasteiger partial charge in [0.1, 0.15) is 0 Å². The molecular weight excluding hydrogens is 244 g/mol. The maximum absolute atomic E-state index is 12.4. The second-order valence-corrected chi connectivity index (χ2v) is 5.94. The Morgan fingerprint density at radius 3 is 1.84 bits per heavy atom. The monoisotopic (exact) mass is 268 g/mol. The lowest BCUT2D eigenvalue weighted by atomic mass is 9.65. The fourth-order valence-electron chi connectivity index (χ4n) is 3.69. The lowest BCUT2D eigenvalue weighted by Gasteiger charge is -2.39. The summed E-state index contributed by atoms with van der Waals surface area (Å²) in [6.45, 7) is 0. The van der Waals surface area contributed by atoms with Crippen molar-refractivity contribution in [2.75, 3.05) is 14.2 Å². The molecular formula is C15H24O4. The van der Waals surface area contributed by atoms with E-state index in [0.717, 1.165) is 38.5 Å². The van der Waals surface area contributed by atoms with E-state index in [4.69, 9.17) is 9.47 Å². The van der Waals surface area contributed by atoms with E-state index in [9.17, 15) is 9.59 Å². The maximum atomic E-state index is 12.4. The Morgan fingerprint density at radius 2 is 1.47 bits per heavy atom. The van der Waals surface area contributed by atoms with Crippen LogP contribution in [0.3, 0.4) is 0 Å². The van der Waals surface area contributed by atoms with E-state index >= 15 is 0 Å². The Morgan fingerprint density at radius 1 is 0.947 bits per heavy atom. The summed E-state index contributed by atoms with van der Waals surface area (Å²) < 4.78 is 9.96. The largest absolute Gasteiger partial charge is 0.468 e. The molecule has 4 nitrogen and oxygen atoms in total. The summed E-state index contributed by atoms with van der Waals surface area (Å²) in [6, 6.07) is 0. The predicted molar refractivity (Wildman–Crippen MR) is 70.4 cm³/mol. The summed E-state index contributed by atoms with van der Waals surface area (Å²) in [5, 5.41) is 0. The highest BCUT2D eigenvalue weighted by molar-refractivity contribution is 6.00. The number of methoxy groups -OCH3 is 2. The van der Waals surface area contributed by atoms with Crippen LogP contribution in [0, 0.1) is 17.3 Å². The Bertz CT molecular complexity index is 324. The van der Waals surface area contributed by atoms with Gasteiger partial charge in [-0.15, -0.1) is 0 Å². The zero-order chi connectivity index (χ0) is 13.9.